The molecule has 1 aromatic heterocycles. The number of thiocarbonyl (C=S) groups is 1. The van der Waals surface area contributed by atoms with E-state index >= 15 is 0 Å². The van der Waals surface area contributed by atoms with Gasteiger partial charge in [-0.15, -0.1) is 0 Å². The number of rotatable bonds is 3. The van der Waals surface area contributed by atoms with E-state index in [0.29, 0.717) is 0 Å². The van der Waals surface area contributed by atoms with Crippen LogP contribution in [0.4, 0.5) is 13.2 Å². The number of halogens is 3. The number of hydrogen-bond acceptors (Lipinski definition) is 4. The summed E-state index contributed by atoms with van der Waals surface area (Å²) in [7, 11) is 0. The van der Waals surface area contributed by atoms with Gasteiger partial charge >= 0.3 is 6.18 Å². The molecular formula is C12H8F3N3OS. The van der Waals surface area contributed by atoms with Gasteiger partial charge in [-0.05, 0) is 12.1 Å². The molecule has 0 saturated carbocycles. The van der Waals surface area contributed by atoms with Crippen LogP contribution in [0.1, 0.15) is 11.3 Å². The van der Waals surface area contributed by atoms with Gasteiger partial charge in [0.25, 0.3) is 0 Å². The molecule has 0 aliphatic rings. The number of alkyl halides is 3. The predicted molar refractivity (Wildman–Crippen MR) is 69.4 cm³/mol. The van der Waals surface area contributed by atoms with E-state index in [0.717, 1.165) is 6.07 Å². The van der Waals surface area contributed by atoms with Crippen molar-refractivity contribution in [1.82, 2.24) is 9.97 Å². The van der Waals surface area contributed by atoms with Gasteiger partial charge in [-0.25, -0.2) is 9.97 Å². The minimum atomic E-state index is -4.54. The standard InChI is InChI=1S/C12H8F3N3OS/c13-12(14,15)7-3-1-2-4-8(7)19-11-9(10(16)20)17-5-6-18-11/h1-6H,(H2,16,20). The van der Waals surface area contributed by atoms with E-state index in [-0.39, 0.29) is 16.6 Å². The van der Waals surface area contributed by atoms with E-state index < -0.39 is 17.5 Å². The normalized spacial score (nSPS) is 11.2. The fourth-order valence-corrected chi connectivity index (χ4v) is 1.60. The molecule has 2 N–H and O–H groups in total. The summed E-state index contributed by atoms with van der Waals surface area (Å²) in [6.07, 6.45) is -1.95. The fourth-order valence-electron chi connectivity index (χ4n) is 1.46. The molecule has 104 valence electrons. The number of benzene rings is 1. The van der Waals surface area contributed by atoms with Gasteiger partial charge in [-0.2, -0.15) is 13.2 Å². The SMILES string of the molecule is NC(=S)c1nccnc1Oc1ccccc1C(F)(F)F. The van der Waals surface area contributed by atoms with Crippen LogP contribution in [0.25, 0.3) is 0 Å². The molecule has 0 aliphatic heterocycles. The van der Waals surface area contributed by atoms with Crippen molar-refractivity contribution in [2.75, 3.05) is 0 Å². The first-order chi connectivity index (χ1) is 9.39. The highest BCUT2D eigenvalue weighted by Gasteiger charge is 2.34. The second-order valence-electron chi connectivity index (χ2n) is 3.67. The van der Waals surface area contributed by atoms with Gasteiger partial charge in [0.2, 0.25) is 5.88 Å². The van der Waals surface area contributed by atoms with E-state index in [9.17, 15) is 13.2 Å². The van der Waals surface area contributed by atoms with E-state index in [1.807, 2.05) is 0 Å². The summed E-state index contributed by atoms with van der Waals surface area (Å²) in [5, 5.41) is 0. The molecule has 0 saturated heterocycles. The van der Waals surface area contributed by atoms with E-state index in [1.165, 1.54) is 30.6 Å². The minimum absolute atomic E-state index is 0.0273. The monoisotopic (exact) mass is 299 g/mol. The van der Waals surface area contributed by atoms with E-state index in [1.54, 1.807) is 0 Å². The highest BCUT2D eigenvalue weighted by molar-refractivity contribution is 7.80. The Morgan fingerprint density at radius 1 is 1.15 bits per heavy atom. The third kappa shape index (κ3) is 3.02. The molecule has 0 spiro atoms. The van der Waals surface area contributed by atoms with Crippen LogP contribution in [-0.4, -0.2) is 15.0 Å². The van der Waals surface area contributed by atoms with Crippen molar-refractivity contribution in [3.8, 4) is 11.6 Å². The maximum atomic E-state index is 12.8. The molecule has 0 aliphatic carbocycles. The number of aromatic nitrogens is 2. The van der Waals surface area contributed by atoms with Gasteiger partial charge in [0.15, 0.2) is 5.69 Å². The van der Waals surface area contributed by atoms with Crippen LogP contribution in [0.3, 0.4) is 0 Å². The van der Waals surface area contributed by atoms with Crippen molar-refractivity contribution >= 4 is 17.2 Å². The summed E-state index contributed by atoms with van der Waals surface area (Å²) in [6, 6.07) is 4.77. The molecule has 0 unspecified atom stereocenters. The first-order valence-electron chi connectivity index (χ1n) is 5.34. The Morgan fingerprint density at radius 2 is 1.80 bits per heavy atom. The summed E-state index contributed by atoms with van der Waals surface area (Å²) < 4.78 is 43.7. The van der Waals surface area contributed by atoms with Crippen LogP contribution in [-0.2, 0) is 6.18 Å². The van der Waals surface area contributed by atoms with Crippen molar-refractivity contribution in [3.63, 3.8) is 0 Å². The zero-order chi connectivity index (χ0) is 14.8. The van der Waals surface area contributed by atoms with Gasteiger partial charge in [0.05, 0.1) is 5.56 Å². The molecule has 0 radical (unpaired) electrons. The Kier molecular flexibility index (Phi) is 3.84. The molecule has 1 heterocycles. The maximum Gasteiger partial charge on any atom is 0.419 e. The molecular weight excluding hydrogens is 291 g/mol. The Bertz CT molecular complexity index is 646. The molecule has 0 bridgehead atoms. The van der Waals surface area contributed by atoms with E-state index in [4.69, 9.17) is 22.7 Å². The highest BCUT2D eigenvalue weighted by atomic mass is 32.1. The third-order valence-corrected chi connectivity index (χ3v) is 2.49. The summed E-state index contributed by atoms with van der Waals surface area (Å²) in [5.41, 5.74) is 4.53. The number of hydrogen-bond donors (Lipinski definition) is 1. The van der Waals surface area contributed by atoms with Crippen molar-refractivity contribution < 1.29 is 17.9 Å². The second-order valence-corrected chi connectivity index (χ2v) is 4.11. The summed E-state index contributed by atoms with van der Waals surface area (Å²) in [5.74, 6) is -0.560. The van der Waals surface area contributed by atoms with Crippen LogP contribution >= 0.6 is 12.2 Å². The molecule has 2 rings (SSSR count). The molecule has 4 nitrogen and oxygen atoms in total. The zero-order valence-corrected chi connectivity index (χ0v) is 10.7. The molecule has 0 atom stereocenters. The first-order valence-corrected chi connectivity index (χ1v) is 5.75. The lowest BCUT2D eigenvalue weighted by atomic mass is 10.2. The summed E-state index contributed by atoms with van der Waals surface area (Å²) in [4.78, 5) is 7.52. The first kappa shape index (κ1) is 14.2. The van der Waals surface area contributed by atoms with Gasteiger partial charge in [0.1, 0.15) is 10.7 Å². The van der Waals surface area contributed by atoms with Gasteiger partial charge < -0.3 is 10.5 Å². The number of ether oxygens (including phenoxy) is 1. The minimum Gasteiger partial charge on any atom is -0.436 e. The maximum absolute atomic E-state index is 12.8. The second kappa shape index (κ2) is 5.41. The van der Waals surface area contributed by atoms with Gasteiger partial charge in [0, 0.05) is 12.4 Å². The van der Waals surface area contributed by atoms with Crippen LogP contribution in [0.2, 0.25) is 0 Å². The molecule has 8 heteroatoms. The fraction of sp³-hybridized carbons (Fsp3) is 0.0833. The van der Waals surface area contributed by atoms with Crippen molar-refractivity contribution in [2.45, 2.75) is 6.18 Å². The molecule has 20 heavy (non-hydrogen) atoms. The van der Waals surface area contributed by atoms with Crippen LogP contribution in [0, 0.1) is 0 Å². The summed E-state index contributed by atoms with van der Waals surface area (Å²) in [6.45, 7) is 0. The highest BCUT2D eigenvalue weighted by Crippen LogP contribution is 2.37. The number of nitrogens with zero attached hydrogens (tertiary/aromatic N) is 2. The molecule has 1 aromatic carbocycles. The van der Waals surface area contributed by atoms with Crippen molar-refractivity contribution in [3.05, 3.63) is 47.9 Å². The average molecular weight is 299 g/mol. The third-order valence-electron chi connectivity index (χ3n) is 2.30. The van der Waals surface area contributed by atoms with Crippen LogP contribution < -0.4 is 10.5 Å². The lowest BCUT2D eigenvalue weighted by Gasteiger charge is -2.13. The average Bonchev–Trinajstić information content (AvgIpc) is 2.38. The summed E-state index contributed by atoms with van der Waals surface area (Å²) >= 11 is 4.75. The quantitative estimate of drug-likeness (QED) is 0.883. The van der Waals surface area contributed by atoms with Crippen molar-refractivity contribution in [1.29, 1.82) is 0 Å². The molecule has 0 fully saturated rings. The Labute approximate surface area is 117 Å². The number of nitrogens with two attached hydrogens (primary N) is 1. The largest absolute Gasteiger partial charge is 0.436 e. The van der Waals surface area contributed by atoms with Crippen LogP contribution in [0.15, 0.2) is 36.7 Å². The topological polar surface area (TPSA) is 61.0 Å². The number of para-hydroxylation sites is 1. The molecule has 0 amide bonds. The lowest BCUT2D eigenvalue weighted by molar-refractivity contribution is -0.138. The predicted octanol–water partition coefficient (Wildman–Crippen LogP) is 2.92. The Balaban J connectivity index is 2.44. The smallest absolute Gasteiger partial charge is 0.419 e. The Hall–Kier alpha value is -2.22. The zero-order valence-electron chi connectivity index (χ0n) is 9.89. The lowest BCUT2D eigenvalue weighted by Crippen LogP contribution is -2.14. The van der Waals surface area contributed by atoms with E-state index in [2.05, 4.69) is 9.97 Å². The van der Waals surface area contributed by atoms with Crippen LogP contribution in [0.5, 0.6) is 11.6 Å². The van der Waals surface area contributed by atoms with Gasteiger partial charge in [-0.1, -0.05) is 24.4 Å². The van der Waals surface area contributed by atoms with Crippen molar-refractivity contribution in [2.24, 2.45) is 5.73 Å². The molecule has 2 aromatic rings. The van der Waals surface area contributed by atoms with Gasteiger partial charge in [-0.3, -0.25) is 0 Å². The Morgan fingerprint density at radius 3 is 2.45 bits per heavy atom.